The van der Waals surface area contributed by atoms with Crippen molar-refractivity contribution >= 4 is 5.91 Å². The molecule has 3 heterocycles. The molecule has 25 heavy (non-hydrogen) atoms. The summed E-state index contributed by atoms with van der Waals surface area (Å²) in [5, 5.41) is 0. The molecular formula is C19H23N3O3. The maximum absolute atomic E-state index is 12.5. The number of aromatic amines is 1. The first kappa shape index (κ1) is 17.2. The largest absolute Gasteiger partial charge is 0.472 e. The third kappa shape index (κ3) is 4.07. The zero-order valence-corrected chi connectivity index (χ0v) is 14.8. The number of ether oxygens (including phenoxy) is 1. The van der Waals surface area contributed by atoms with Crippen molar-refractivity contribution in [3.63, 3.8) is 0 Å². The predicted octanol–water partition coefficient (Wildman–Crippen LogP) is 1.92. The van der Waals surface area contributed by atoms with Crippen LogP contribution in [0.3, 0.4) is 0 Å². The predicted molar refractivity (Wildman–Crippen MR) is 94.8 cm³/mol. The van der Waals surface area contributed by atoms with Gasteiger partial charge in [0.05, 0.1) is 13.0 Å². The van der Waals surface area contributed by atoms with E-state index in [1.807, 2.05) is 39.0 Å². The summed E-state index contributed by atoms with van der Waals surface area (Å²) in [6, 6.07) is 5.69. The van der Waals surface area contributed by atoms with E-state index < -0.39 is 0 Å². The maximum Gasteiger partial charge on any atom is 0.252 e. The number of pyridine rings is 2. The molecule has 0 aliphatic carbocycles. The average Bonchev–Trinajstić information content (AvgIpc) is 3.01. The van der Waals surface area contributed by atoms with Gasteiger partial charge in [0.15, 0.2) is 0 Å². The molecule has 0 saturated carbocycles. The van der Waals surface area contributed by atoms with E-state index in [1.165, 1.54) is 0 Å². The Balaban J connectivity index is 1.61. The number of aromatic nitrogens is 2. The summed E-state index contributed by atoms with van der Waals surface area (Å²) in [4.78, 5) is 33.4. The number of carbonyl (C=O) groups excluding carboxylic acids is 1. The summed E-state index contributed by atoms with van der Waals surface area (Å²) in [5.41, 5.74) is 3.10. The van der Waals surface area contributed by atoms with Gasteiger partial charge in [-0.15, -0.1) is 0 Å². The Labute approximate surface area is 146 Å². The van der Waals surface area contributed by atoms with Crippen molar-refractivity contribution in [2.24, 2.45) is 0 Å². The van der Waals surface area contributed by atoms with Crippen molar-refractivity contribution in [2.75, 3.05) is 13.1 Å². The molecule has 1 unspecified atom stereocenters. The van der Waals surface area contributed by atoms with Crippen molar-refractivity contribution in [1.82, 2.24) is 14.9 Å². The monoisotopic (exact) mass is 341 g/mol. The quantitative estimate of drug-likeness (QED) is 0.922. The minimum atomic E-state index is -0.179. The summed E-state index contributed by atoms with van der Waals surface area (Å²) < 4.78 is 5.85. The highest BCUT2D eigenvalue weighted by atomic mass is 16.5. The van der Waals surface area contributed by atoms with Crippen LogP contribution in [-0.4, -0.2) is 40.0 Å². The number of aryl methyl sites for hydroxylation is 3. The van der Waals surface area contributed by atoms with Crippen molar-refractivity contribution in [3.05, 3.63) is 57.1 Å². The first-order valence-corrected chi connectivity index (χ1v) is 8.49. The van der Waals surface area contributed by atoms with Crippen LogP contribution in [0.25, 0.3) is 0 Å². The Bertz CT molecular complexity index is 827. The van der Waals surface area contributed by atoms with E-state index in [9.17, 15) is 9.59 Å². The minimum Gasteiger partial charge on any atom is -0.472 e. The molecule has 0 bridgehead atoms. The summed E-state index contributed by atoms with van der Waals surface area (Å²) in [5.74, 6) is 0.538. The molecule has 0 spiro atoms. The summed E-state index contributed by atoms with van der Waals surface area (Å²) in [6.07, 6.45) is 2.60. The fourth-order valence-corrected chi connectivity index (χ4v) is 3.11. The van der Waals surface area contributed by atoms with Gasteiger partial charge in [-0.1, -0.05) is 6.07 Å². The zero-order chi connectivity index (χ0) is 18.0. The minimum absolute atomic E-state index is 0.0413. The van der Waals surface area contributed by atoms with Gasteiger partial charge in [0.2, 0.25) is 11.8 Å². The first-order chi connectivity index (χ1) is 11.9. The lowest BCUT2D eigenvalue weighted by molar-refractivity contribution is -0.129. The third-order valence-corrected chi connectivity index (χ3v) is 4.49. The third-order valence-electron chi connectivity index (χ3n) is 4.49. The second-order valence-electron chi connectivity index (χ2n) is 6.66. The number of hydrogen-bond donors (Lipinski definition) is 1. The molecule has 132 valence electrons. The highest BCUT2D eigenvalue weighted by Crippen LogP contribution is 2.18. The van der Waals surface area contributed by atoms with Gasteiger partial charge in [-0.05, 0) is 38.0 Å². The van der Waals surface area contributed by atoms with Crippen LogP contribution in [0.1, 0.15) is 28.8 Å². The Hall–Kier alpha value is -2.63. The molecule has 1 amide bonds. The summed E-state index contributed by atoms with van der Waals surface area (Å²) in [7, 11) is 0. The van der Waals surface area contributed by atoms with Gasteiger partial charge >= 0.3 is 0 Å². The molecule has 2 aromatic heterocycles. The van der Waals surface area contributed by atoms with Crippen LogP contribution < -0.4 is 10.3 Å². The molecule has 1 aliphatic rings. The molecule has 6 nitrogen and oxygen atoms in total. The molecule has 1 N–H and O–H groups in total. The Morgan fingerprint density at radius 1 is 1.36 bits per heavy atom. The second kappa shape index (κ2) is 7.09. The molecule has 0 radical (unpaired) electrons. The van der Waals surface area contributed by atoms with Gasteiger partial charge in [-0.2, -0.15) is 0 Å². The average molecular weight is 341 g/mol. The number of H-pyrrole nitrogens is 1. The van der Waals surface area contributed by atoms with Crippen molar-refractivity contribution in [1.29, 1.82) is 0 Å². The van der Waals surface area contributed by atoms with Crippen LogP contribution >= 0.6 is 0 Å². The Morgan fingerprint density at radius 2 is 2.16 bits per heavy atom. The molecule has 1 atom stereocenters. The van der Waals surface area contributed by atoms with Crippen LogP contribution in [0.4, 0.5) is 0 Å². The Morgan fingerprint density at radius 3 is 2.84 bits per heavy atom. The lowest BCUT2D eigenvalue weighted by Crippen LogP contribution is -2.34. The van der Waals surface area contributed by atoms with Crippen molar-refractivity contribution < 1.29 is 9.53 Å². The van der Waals surface area contributed by atoms with Crippen molar-refractivity contribution in [3.8, 4) is 5.88 Å². The van der Waals surface area contributed by atoms with E-state index in [4.69, 9.17) is 4.74 Å². The fourth-order valence-electron chi connectivity index (χ4n) is 3.11. The summed E-state index contributed by atoms with van der Waals surface area (Å²) in [6.45, 7) is 6.84. The molecule has 0 aromatic carbocycles. The summed E-state index contributed by atoms with van der Waals surface area (Å²) >= 11 is 0. The highest BCUT2D eigenvalue weighted by Gasteiger charge is 2.28. The standard InChI is InChI=1S/C19H23N3O3/c1-12-4-5-17(20-10-12)25-15-6-7-22(11-15)18(23)9-16-13(2)8-14(3)21-19(16)24/h4-5,8,10,15H,6-7,9,11H2,1-3H3,(H,21,24). The molecule has 3 rings (SSSR count). The number of nitrogens with one attached hydrogen (secondary N) is 1. The van der Waals surface area contributed by atoms with Crippen LogP contribution in [0.2, 0.25) is 0 Å². The van der Waals surface area contributed by atoms with E-state index in [-0.39, 0.29) is 24.0 Å². The molecule has 1 fully saturated rings. The van der Waals surface area contributed by atoms with Crippen LogP contribution in [0.15, 0.2) is 29.2 Å². The van der Waals surface area contributed by atoms with E-state index in [0.29, 0.717) is 24.5 Å². The van der Waals surface area contributed by atoms with Gasteiger partial charge in [0, 0.05) is 36.5 Å². The number of rotatable bonds is 4. The first-order valence-electron chi connectivity index (χ1n) is 8.49. The van der Waals surface area contributed by atoms with E-state index in [2.05, 4.69) is 9.97 Å². The SMILES string of the molecule is Cc1ccc(OC2CCN(C(=O)Cc3c(C)cc(C)[nH]c3=O)C2)nc1. The van der Waals surface area contributed by atoms with Gasteiger partial charge < -0.3 is 14.6 Å². The molecular weight excluding hydrogens is 318 g/mol. The highest BCUT2D eigenvalue weighted by molar-refractivity contribution is 5.79. The lowest BCUT2D eigenvalue weighted by Gasteiger charge is -2.17. The molecule has 1 aliphatic heterocycles. The smallest absolute Gasteiger partial charge is 0.252 e. The molecule has 2 aromatic rings. The number of hydrogen-bond acceptors (Lipinski definition) is 4. The van der Waals surface area contributed by atoms with E-state index in [0.717, 1.165) is 23.2 Å². The number of likely N-dealkylation sites (tertiary alicyclic amines) is 1. The van der Waals surface area contributed by atoms with Crippen LogP contribution in [0.5, 0.6) is 5.88 Å². The van der Waals surface area contributed by atoms with Crippen LogP contribution in [-0.2, 0) is 11.2 Å². The second-order valence-corrected chi connectivity index (χ2v) is 6.66. The maximum atomic E-state index is 12.5. The van der Waals surface area contributed by atoms with Gasteiger partial charge in [0.1, 0.15) is 6.10 Å². The topological polar surface area (TPSA) is 75.3 Å². The molecule has 1 saturated heterocycles. The fraction of sp³-hybridized carbons (Fsp3) is 0.421. The van der Waals surface area contributed by atoms with Crippen LogP contribution in [0, 0.1) is 20.8 Å². The van der Waals surface area contributed by atoms with Gasteiger partial charge in [-0.3, -0.25) is 9.59 Å². The van der Waals surface area contributed by atoms with E-state index in [1.54, 1.807) is 11.1 Å². The molecule has 6 heteroatoms. The van der Waals surface area contributed by atoms with E-state index >= 15 is 0 Å². The number of carbonyl (C=O) groups is 1. The Kier molecular flexibility index (Phi) is 4.88. The van der Waals surface area contributed by atoms with Gasteiger partial charge in [0.25, 0.3) is 5.56 Å². The normalized spacial score (nSPS) is 16.9. The number of nitrogens with zero attached hydrogens (tertiary/aromatic N) is 2. The zero-order valence-electron chi connectivity index (χ0n) is 14.8. The van der Waals surface area contributed by atoms with Crippen molar-refractivity contribution in [2.45, 2.75) is 39.7 Å². The van der Waals surface area contributed by atoms with Gasteiger partial charge in [-0.25, -0.2) is 4.98 Å². The lowest BCUT2D eigenvalue weighted by atomic mass is 10.1. The number of amides is 1.